The summed E-state index contributed by atoms with van der Waals surface area (Å²) >= 11 is 0. The van der Waals surface area contributed by atoms with Crippen LogP contribution < -0.4 is 15.2 Å². The predicted octanol–water partition coefficient (Wildman–Crippen LogP) is 2.51. The van der Waals surface area contributed by atoms with Crippen LogP contribution in [-0.4, -0.2) is 13.5 Å². The predicted molar refractivity (Wildman–Crippen MR) is 56.8 cm³/mol. The number of hydrogen-bond donors (Lipinski definition) is 1. The number of nitriles is 1. The first-order valence-corrected chi connectivity index (χ1v) is 4.93. The number of hydrogen-bond acceptors (Lipinski definition) is 4. The quantitative estimate of drug-likeness (QED) is 0.903. The van der Waals surface area contributed by atoms with E-state index >= 15 is 0 Å². The molecule has 18 heavy (non-hydrogen) atoms. The van der Waals surface area contributed by atoms with E-state index in [0.29, 0.717) is 5.56 Å². The van der Waals surface area contributed by atoms with E-state index in [2.05, 4.69) is 4.74 Å². The molecule has 0 saturated heterocycles. The van der Waals surface area contributed by atoms with E-state index in [1.165, 1.54) is 13.2 Å². The Morgan fingerprint density at radius 2 is 2.11 bits per heavy atom. The van der Waals surface area contributed by atoms with Crippen LogP contribution in [-0.2, 0) is 0 Å². The molecule has 4 nitrogen and oxygen atoms in total. The summed E-state index contributed by atoms with van der Waals surface area (Å²) in [6.07, 6.45) is -4.73. The molecule has 0 aliphatic heterocycles. The van der Waals surface area contributed by atoms with Crippen molar-refractivity contribution in [2.45, 2.75) is 18.8 Å². The number of halogens is 3. The molecule has 0 aliphatic carbocycles. The summed E-state index contributed by atoms with van der Waals surface area (Å²) in [6.45, 7) is 0. The van der Waals surface area contributed by atoms with Crippen molar-refractivity contribution in [2.24, 2.45) is 5.73 Å². The van der Waals surface area contributed by atoms with Gasteiger partial charge in [-0.2, -0.15) is 5.26 Å². The highest BCUT2D eigenvalue weighted by Gasteiger charge is 2.31. The smallest absolute Gasteiger partial charge is 0.496 e. The Bertz CT molecular complexity index is 455. The zero-order valence-electron chi connectivity index (χ0n) is 9.49. The molecule has 0 aromatic heterocycles. The van der Waals surface area contributed by atoms with Gasteiger partial charge in [-0.1, -0.05) is 6.07 Å². The van der Waals surface area contributed by atoms with Gasteiger partial charge in [0.05, 0.1) is 19.6 Å². The standard InChI is InChI=1S/C11H11F3N2O2/c1-17-10-6-7(18-11(12,13)14)2-3-8(10)9(16)4-5-15/h2-3,6,9H,4,16H2,1H3/t9-/m1/s1. The number of methoxy groups -OCH3 is 1. The molecule has 1 aromatic rings. The number of ether oxygens (including phenoxy) is 2. The Kier molecular flexibility index (Phi) is 4.39. The van der Waals surface area contributed by atoms with Crippen molar-refractivity contribution in [3.8, 4) is 17.6 Å². The second-order valence-electron chi connectivity index (χ2n) is 3.42. The fourth-order valence-electron chi connectivity index (χ4n) is 1.40. The molecular weight excluding hydrogens is 249 g/mol. The van der Waals surface area contributed by atoms with Crippen molar-refractivity contribution in [3.63, 3.8) is 0 Å². The lowest BCUT2D eigenvalue weighted by Crippen LogP contribution is -2.17. The summed E-state index contributed by atoms with van der Waals surface area (Å²) < 4.78 is 44.8. The van der Waals surface area contributed by atoms with Crippen molar-refractivity contribution in [2.75, 3.05) is 7.11 Å². The average Bonchev–Trinajstić information content (AvgIpc) is 2.27. The summed E-state index contributed by atoms with van der Waals surface area (Å²) in [7, 11) is 1.30. The van der Waals surface area contributed by atoms with Crippen molar-refractivity contribution in [1.82, 2.24) is 0 Å². The Morgan fingerprint density at radius 3 is 2.61 bits per heavy atom. The van der Waals surface area contributed by atoms with Crippen LogP contribution in [0.2, 0.25) is 0 Å². The zero-order chi connectivity index (χ0) is 13.8. The summed E-state index contributed by atoms with van der Waals surface area (Å²) in [5, 5.41) is 8.52. The lowest BCUT2D eigenvalue weighted by molar-refractivity contribution is -0.274. The van der Waals surface area contributed by atoms with E-state index in [9.17, 15) is 13.2 Å². The normalized spacial score (nSPS) is 12.7. The molecule has 98 valence electrons. The fourth-order valence-corrected chi connectivity index (χ4v) is 1.40. The van der Waals surface area contributed by atoms with Crippen LogP contribution >= 0.6 is 0 Å². The molecule has 0 amide bonds. The highest BCUT2D eigenvalue weighted by atomic mass is 19.4. The number of nitrogens with two attached hydrogens (primary N) is 1. The molecular formula is C11H11F3N2O2. The maximum atomic E-state index is 12.0. The van der Waals surface area contributed by atoms with E-state index in [-0.39, 0.29) is 12.2 Å². The van der Waals surface area contributed by atoms with E-state index in [4.69, 9.17) is 15.7 Å². The van der Waals surface area contributed by atoms with Gasteiger partial charge in [0.1, 0.15) is 11.5 Å². The first-order valence-electron chi connectivity index (χ1n) is 4.93. The molecule has 0 aliphatic rings. The first-order chi connectivity index (χ1) is 8.37. The highest BCUT2D eigenvalue weighted by molar-refractivity contribution is 5.42. The van der Waals surface area contributed by atoms with Gasteiger partial charge in [0.15, 0.2) is 0 Å². The number of alkyl halides is 3. The minimum atomic E-state index is -4.76. The largest absolute Gasteiger partial charge is 0.573 e. The van der Waals surface area contributed by atoms with Crippen LogP contribution in [0.25, 0.3) is 0 Å². The van der Waals surface area contributed by atoms with Crippen molar-refractivity contribution in [1.29, 1.82) is 5.26 Å². The Morgan fingerprint density at radius 1 is 1.44 bits per heavy atom. The van der Waals surface area contributed by atoms with Gasteiger partial charge in [0.25, 0.3) is 0 Å². The third kappa shape index (κ3) is 3.82. The summed E-state index contributed by atoms with van der Waals surface area (Å²) in [6, 6.07) is 4.82. The molecule has 7 heteroatoms. The third-order valence-electron chi connectivity index (χ3n) is 2.15. The van der Waals surface area contributed by atoms with Gasteiger partial charge in [-0.05, 0) is 6.07 Å². The van der Waals surface area contributed by atoms with Crippen molar-refractivity contribution < 1.29 is 22.6 Å². The Balaban J connectivity index is 3.01. The van der Waals surface area contributed by atoms with Crippen molar-refractivity contribution >= 4 is 0 Å². The molecule has 1 aromatic carbocycles. The molecule has 1 rings (SSSR count). The molecule has 0 radical (unpaired) electrons. The van der Waals surface area contributed by atoms with E-state index < -0.39 is 18.2 Å². The number of rotatable bonds is 4. The summed E-state index contributed by atoms with van der Waals surface area (Å²) in [4.78, 5) is 0. The third-order valence-corrected chi connectivity index (χ3v) is 2.15. The number of nitrogens with zero attached hydrogens (tertiary/aromatic N) is 1. The van der Waals surface area contributed by atoms with Crippen LogP contribution in [0.3, 0.4) is 0 Å². The Hall–Kier alpha value is -1.94. The maximum Gasteiger partial charge on any atom is 0.573 e. The van der Waals surface area contributed by atoms with Gasteiger partial charge in [0, 0.05) is 17.7 Å². The number of benzene rings is 1. The Labute approximate surface area is 102 Å². The molecule has 0 spiro atoms. The molecule has 2 N–H and O–H groups in total. The van der Waals surface area contributed by atoms with Crippen LogP contribution in [0, 0.1) is 11.3 Å². The summed E-state index contributed by atoms with van der Waals surface area (Å²) in [5.74, 6) is -0.244. The van der Waals surface area contributed by atoms with Crippen LogP contribution in [0.5, 0.6) is 11.5 Å². The van der Waals surface area contributed by atoms with Gasteiger partial charge in [0.2, 0.25) is 0 Å². The van der Waals surface area contributed by atoms with Gasteiger partial charge < -0.3 is 15.2 Å². The molecule has 0 unspecified atom stereocenters. The highest BCUT2D eigenvalue weighted by Crippen LogP contribution is 2.32. The van der Waals surface area contributed by atoms with Crippen LogP contribution in [0.15, 0.2) is 18.2 Å². The molecule has 0 saturated carbocycles. The second kappa shape index (κ2) is 5.60. The second-order valence-corrected chi connectivity index (χ2v) is 3.42. The topological polar surface area (TPSA) is 68.3 Å². The van der Waals surface area contributed by atoms with E-state index in [1.807, 2.05) is 6.07 Å². The zero-order valence-corrected chi connectivity index (χ0v) is 9.49. The lowest BCUT2D eigenvalue weighted by atomic mass is 10.0. The van der Waals surface area contributed by atoms with Crippen LogP contribution in [0.1, 0.15) is 18.0 Å². The van der Waals surface area contributed by atoms with E-state index in [0.717, 1.165) is 12.1 Å². The maximum absolute atomic E-state index is 12.0. The van der Waals surface area contributed by atoms with Gasteiger partial charge >= 0.3 is 6.36 Å². The average molecular weight is 260 g/mol. The lowest BCUT2D eigenvalue weighted by Gasteiger charge is -2.15. The van der Waals surface area contributed by atoms with Gasteiger partial charge in [-0.3, -0.25) is 0 Å². The minimum absolute atomic E-state index is 0.0375. The minimum Gasteiger partial charge on any atom is -0.496 e. The molecule has 0 fully saturated rings. The monoisotopic (exact) mass is 260 g/mol. The SMILES string of the molecule is COc1cc(OC(F)(F)F)ccc1[C@H](N)CC#N. The molecule has 0 heterocycles. The summed E-state index contributed by atoms with van der Waals surface area (Å²) in [5.41, 5.74) is 6.15. The van der Waals surface area contributed by atoms with Gasteiger partial charge in [-0.25, -0.2) is 0 Å². The van der Waals surface area contributed by atoms with E-state index in [1.54, 1.807) is 0 Å². The van der Waals surface area contributed by atoms with Crippen LogP contribution in [0.4, 0.5) is 13.2 Å². The molecule has 1 atom stereocenters. The fraction of sp³-hybridized carbons (Fsp3) is 0.364. The molecule has 0 bridgehead atoms. The van der Waals surface area contributed by atoms with Crippen molar-refractivity contribution in [3.05, 3.63) is 23.8 Å². The first kappa shape index (κ1) is 14.1. The van der Waals surface area contributed by atoms with Gasteiger partial charge in [-0.15, -0.1) is 13.2 Å².